The summed E-state index contributed by atoms with van der Waals surface area (Å²) in [5.41, 5.74) is 2.20. The Balaban J connectivity index is 2.28. The second-order valence-electron chi connectivity index (χ2n) is 4.28. The molecule has 20 heavy (non-hydrogen) atoms. The third kappa shape index (κ3) is 3.62. The molecule has 2 nitrogen and oxygen atoms in total. The summed E-state index contributed by atoms with van der Waals surface area (Å²) in [5.74, 6) is -0.172. The van der Waals surface area contributed by atoms with Gasteiger partial charge < -0.3 is 5.32 Å². The molecule has 0 saturated carbocycles. The van der Waals surface area contributed by atoms with Crippen LogP contribution in [-0.4, -0.2) is 5.91 Å². The highest BCUT2D eigenvalue weighted by molar-refractivity contribution is 9.11. The fraction of sp³-hybridized carbons (Fsp3) is 0.133. The van der Waals surface area contributed by atoms with Gasteiger partial charge in [-0.3, -0.25) is 4.79 Å². The normalized spacial score (nSPS) is 12.0. The van der Waals surface area contributed by atoms with E-state index < -0.39 is 0 Å². The zero-order valence-electron chi connectivity index (χ0n) is 10.7. The Hall–Kier alpha value is -0.840. The monoisotopic (exact) mass is 415 g/mol. The fourth-order valence-electron chi connectivity index (χ4n) is 1.82. The average molecular weight is 418 g/mol. The van der Waals surface area contributed by atoms with Gasteiger partial charge in [0, 0.05) is 14.6 Å². The van der Waals surface area contributed by atoms with Gasteiger partial charge >= 0.3 is 0 Å². The summed E-state index contributed by atoms with van der Waals surface area (Å²) in [4.78, 5) is 12.3. The van der Waals surface area contributed by atoms with E-state index >= 15 is 0 Å². The Bertz CT molecular complexity index is 644. The van der Waals surface area contributed by atoms with Crippen molar-refractivity contribution >= 4 is 55.1 Å². The number of nitrogens with one attached hydrogen (secondary N) is 1. The Labute approximate surface area is 139 Å². The Morgan fingerprint density at radius 3 is 2.55 bits per heavy atom. The predicted octanol–water partition coefficient (Wildman–Crippen LogP) is 5.76. The maximum atomic E-state index is 12.3. The fourth-order valence-corrected chi connectivity index (χ4v) is 3.24. The van der Waals surface area contributed by atoms with Gasteiger partial charge in [-0.05, 0) is 52.7 Å². The van der Waals surface area contributed by atoms with Gasteiger partial charge in [-0.1, -0.05) is 34.1 Å². The lowest BCUT2D eigenvalue weighted by Crippen LogP contribution is -2.14. The van der Waals surface area contributed by atoms with Crippen LogP contribution in [0.3, 0.4) is 0 Å². The SMILES string of the molecule is CC(Cl)c1ccccc1NC(=O)c1ccc(Br)cc1Br. The molecule has 0 aliphatic rings. The van der Waals surface area contributed by atoms with Crippen LogP contribution < -0.4 is 5.32 Å². The van der Waals surface area contributed by atoms with Crippen molar-refractivity contribution < 1.29 is 4.79 Å². The standard InChI is InChI=1S/C15H12Br2ClNO/c1-9(18)11-4-2-3-5-14(11)19-15(20)12-7-6-10(16)8-13(12)17/h2-9H,1H3,(H,19,20). The summed E-state index contributed by atoms with van der Waals surface area (Å²) in [6.07, 6.45) is 0. The van der Waals surface area contributed by atoms with Gasteiger partial charge in [-0.25, -0.2) is 0 Å². The summed E-state index contributed by atoms with van der Waals surface area (Å²) in [6.45, 7) is 1.88. The Morgan fingerprint density at radius 1 is 1.20 bits per heavy atom. The van der Waals surface area contributed by atoms with Crippen LogP contribution in [-0.2, 0) is 0 Å². The van der Waals surface area contributed by atoms with E-state index in [1.165, 1.54) is 0 Å². The first kappa shape index (κ1) is 15.5. The van der Waals surface area contributed by atoms with Crippen LogP contribution in [0.1, 0.15) is 28.2 Å². The van der Waals surface area contributed by atoms with E-state index in [-0.39, 0.29) is 11.3 Å². The molecule has 2 aromatic rings. The smallest absolute Gasteiger partial charge is 0.256 e. The molecule has 0 spiro atoms. The topological polar surface area (TPSA) is 29.1 Å². The van der Waals surface area contributed by atoms with E-state index in [0.717, 1.165) is 20.2 Å². The molecule has 2 aromatic carbocycles. The van der Waals surface area contributed by atoms with Gasteiger partial charge in [0.2, 0.25) is 0 Å². The first-order chi connectivity index (χ1) is 9.49. The van der Waals surface area contributed by atoms with Crippen LogP contribution in [0, 0.1) is 0 Å². The van der Waals surface area contributed by atoms with Crippen LogP contribution in [0.2, 0.25) is 0 Å². The summed E-state index contributed by atoms with van der Waals surface area (Å²) in [6, 6.07) is 13.0. The number of benzene rings is 2. The second-order valence-corrected chi connectivity index (χ2v) is 6.71. The number of alkyl halides is 1. The van der Waals surface area contributed by atoms with Crippen LogP contribution in [0.15, 0.2) is 51.4 Å². The molecule has 1 unspecified atom stereocenters. The molecule has 0 heterocycles. The van der Waals surface area contributed by atoms with Gasteiger partial charge in [-0.2, -0.15) is 0 Å². The van der Waals surface area contributed by atoms with E-state index in [9.17, 15) is 4.79 Å². The number of halogens is 3. The number of carbonyl (C=O) groups is 1. The van der Waals surface area contributed by atoms with Crippen molar-refractivity contribution in [1.29, 1.82) is 0 Å². The number of rotatable bonds is 3. The number of anilines is 1. The van der Waals surface area contributed by atoms with Crippen LogP contribution in [0.25, 0.3) is 0 Å². The number of para-hydroxylation sites is 1. The summed E-state index contributed by atoms with van der Waals surface area (Å²) < 4.78 is 1.65. The second kappa shape index (κ2) is 6.74. The van der Waals surface area contributed by atoms with Crippen molar-refractivity contribution in [3.63, 3.8) is 0 Å². The van der Waals surface area contributed by atoms with E-state index in [2.05, 4.69) is 37.2 Å². The molecule has 0 radical (unpaired) electrons. The first-order valence-electron chi connectivity index (χ1n) is 5.98. The highest BCUT2D eigenvalue weighted by Gasteiger charge is 2.14. The van der Waals surface area contributed by atoms with Gasteiger partial charge in [0.25, 0.3) is 5.91 Å². The van der Waals surface area contributed by atoms with Crippen molar-refractivity contribution in [3.8, 4) is 0 Å². The van der Waals surface area contributed by atoms with E-state index in [4.69, 9.17) is 11.6 Å². The molecular weight excluding hydrogens is 405 g/mol. The highest BCUT2D eigenvalue weighted by atomic mass is 79.9. The zero-order valence-corrected chi connectivity index (χ0v) is 14.6. The van der Waals surface area contributed by atoms with Crippen molar-refractivity contribution in [2.24, 2.45) is 0 Å². The molecule has 0 aromatic heterocycles. The quantitative estimate of drug-likeness (QED) is 0.632. The number of amides is 1. The van der Waals surface area contributed by atoms with E-state index in [1.807, 2.05) is 43.3 Å². The minimum absolute atomic E-state index is 0.167. The molecule has 104 valence electrons. The number of carbonyl (C=O) groups excluding carboxylic acids is 1. The van der Waals surface area contributed by atoms with Crippen molar-refractivity contribution in [3.05, 3.63) is 62.5 Å². The highest BCUT2D eigenvalue weighted by Crippen LogP contribution is 2.28. The lowest BCUT2D eigenvalue weighted by Gasteiger charge is -2.13. The maximum Gasteiger partial charge on any atom is 0.256 e. The minimum atomic E-state index is -0.172. The summed E-state index contributed by atoms with van der Waals surface area (Å²) in [7, 11) is 0. The number of hydrogen-bond donors (Lipinski definition) is 1. The largest absolute Gasteiger partial charge is 0.322 e. The van der Waals surface area contributed by atoms with Crippen LogP contribution >= 0.6 is 43.5 Å². The lowest BCUT2D eigenvalue weighted by atomic mass is 10.1. The molecule has 2 rings (SSSR count). The van der Waals surface area contributed by atoms with Crippen molar-refractivity contribution in [2.45, 2.75) is 12.3 Å². The van der Waals surface area contributed by atoms with Gasteiger partial charge in [-0.15, -0.1) is 11.6 Å². The molecule has 0 bridgehead atoms. The Morgan fingerprint density at radius 2 is 1.90 bits per heavy atom. The third-order valence-corrected chi connectivity index (χ3v) is 4.20. The van der Waals surface area contributed by atoms with Crippen LogP contribution in [0.5, 0.6) is 0 Å². The Kier molecular flexibility index (Phi) is 5.24. The first-order valence-corrected chi connectivity index (χ1v) is 8.00. The molecular formula is C15H12Br2ClNO. The van der Waals surface area contributed by atoms with Gasteiger partial charge in [0.1, 0.15) is 0 Å². The maximum absolute atomic E-state index is 12.3. The van der Waals surface area contributed by atoms with Crippen LogP contribution in [0.4, 0.5) is 5.69 Å². The molecule has 5 heteroatoms. The molecule has 0 saturated heterocycles. The van der Waals surface area contributed by atoms with Crippen molar-refractivity contribution in [1.82, 2.24) is 0 Å². The third-order valence-electron chi connectivity index (χ3n) is 2.81. The molecule has 1 N–H and O–H groups in total. The van der Waals surface area contributed by atoms with E-state index in [1.54, 1.807) is 6.07 Å². The number of hydrogen-bond acceptors (Lipinski definition) is 1. The molecule has 1 amide bonds. The van der Waals surface area contributed by atoms with Gasteiger partial charge in [0.05, 0.1) is 10.9 Å². The average Bonchev–Trinajstić information content (AvgIpc) is 2.38. The van der Waals surface area contributed by atoms with Crippen molar-refractivity contribution in [2.75, 3.05) is 5.32 Å². The molecule has 1 atom stereocenters. The summed E-state index contributed by atoms with van der Waals surface area (Å²) in [5, 5.41) is 2.73. The van der Waals surface area contributed by atoms with Gasteiger partial charge in [0.15, 0.2) is 0 Å². The minimum Gasteiger partial charge on any atom is -0.322 e. The zero-order chi connectivity index (χ0) is 14.7. The lowest BCUT2D eigenvalue weighted by molar-refractivity contribution is 0.102. The predicted molar refractivity (Wildman–Crippen MR) is 90.5 cm³/mol. The molecule has 0 aliphatic heterocycles. The summed E-state index contributed by atoms with van der Waals surface area (Å²) >= 11 is 12.9. The van der Waals surface area contributed by atoms with E-state index in [0.29, 0.717) is 5.56 Å². The molecule has 0 fully saturated rings. The molecule has 0 aliphatic carbocycles.